The largest absolute Gasteiger partial charge is 0.504 e. The van der Waals surface area contributed by atoms with Gasteiger partial charge in [-0.15, -0.1) is 0 Å². The van der Waals surface area contributed by atoms with Gasteiger partial charge in [0.2, 0.25) is 17.5 Å². The molecule has 2 rings (SSSR count). The minimum absolute atomic E-state index is 0.357. The molecular formula is C21H26O11. The van der Waals surface area contributed by atoms with Crippen LogP contribution in [0.2, 0.25) is 0 Å². The Morgan fingerprint density at radius 1 is 0.969 bits per heavy atom. The topological polar surface area (TPSA) is 188 Å². The van der Waals surface area contributed by atoms with E-state index in [4.69, 9.17) is 9.47 Å². The van der Waals surface area contributed by atoms with Crippen LogP contribution in [0.5, 0.6) is 11.5 Å². The molecule has 11 heteroatoms. The lowest BCUT2D eigenvalue weighted by atomic mass is 9.60. The second-order valence-corrected chi connectivity index (χ2v) is 7.94. The molecule has 6 atom stereocenters. The van der Waals surface area contributed by atoms with Crippen molar-refractivity contribution in [2.24, 2.45) is 0 Å². The minimum atomic E-state index is -3.61. The average Bonchev–Trinajstić information content (AvgIpc) is 2.69. The summed E-state index contributed by atoms with van der Waals surface area (Å²) < 4.78 is 10.8. The van der Waals surface area contributed by atoms with E-state index in [-0.39, 0.29) is 5.75 Å². The molecule has 0 amide bonds. The normalized spacial score (nSPS) is 33.3. The van der Waals surface area contributed by atoms with Crippen LogP contribution in [0.3, 0.4) is 0 Å². The van der Waals surface area contributed by atoms with E-state index in [1.54, 1.807) is 6.92 Å². The fourth-order valence-corrected chi connectivity index (χ4v) is 3.87. The number of aryl methyl sites for hydroxylation is 1. The van der Waals surface area contributed by atoms with Gasteiger partial charge in [0, 0.05) is 0 Å². The maximum absolute atomic E-state index is 12.6. The number of hydrogen-bond acceptors (Lipinski definition) is 11. The Hall–Kier alpha value is -2.70. The molecule has 0 bridgehead atoms. The first-order chi connectivity index (χ1) is 14.6. The summed E-state index contributed by atoms with van der Waals surface area (Å²) in [7, 11) is 0. The second-order valence-electron chi connectivity index (χ2n) is 7.94. The summed E-state index contributed by atoms with van der Waals surface area (Å²) in [5, 5.41) is 54.3. The zero-order valence-corrected chi connectivity index (χ0v) is 18.1. The Morgan fingerprint density at radius 3 is 1.94 bits per heavy atom. The fraction of sp³-hybridized carbons (Fsp3) is 0.524. The van der Waals surface area contributed by atoms with Crippen molar-refractivity contribution in [3.8, 4) is 11.5 Å². The fourth-order valence-electron chi connectivity index (χ4n) is 3.87. The summed E-state index contributed by atoms with van der Waals surface area (Å²) in [6.45, 7) is 4.64. The van der Waals surface area contributed by atoms with Crippen LogP contribution in [-0.4, -0.2) is 84.0 Å². The Labute approximate surface area is 183 Å². The number of aromatic hydroxyl groups is 1. The number of ether oxygens (including phenoxy) is 2. The number of aliphatic hydroxyl groups excluding tert-OH is 1. The van der Waals surface area contributed by atoms with Gasteiger partial charge in [0.1, 0.15) is 12.2 Å². The number of ketones is 4. The monoisotopic (exact) mass is 454 g/mol. The van der Waals surface area contributed by atoms with Gasteiger partial charge < -0.3 is 35.0 Å². The quantitative estimate of drug-likeness (QED) is 0.330. The molecule has 0 saturated carbocycles. The van der Waals surface area contributed by atoms with E-state index in [0.29, 0.717) is 19.4 Å². The van der Waals surface area contributed by atoms with E-state index >= 15 is 0 Å². The summed E-state index contributed by atoms with van der Waals surface area (Å²) in [6.07, 6.45) is -6.95. The molecule has 1 aromatic carbocycles. The predicted octanol–water partition coefficient (Wildman–Crippen LogP) is -1.29. The van der Waals surface area contributed by atoms with E-state index in [1.165, 1.54) is 18.2 Å². The minimum Gasteiger partial charge on any atom is -0.504 e. The lowest BCUT2D eigenvalue weighted by Gasteiger charge is -2.57. The van der Waals surface area contributed by atoms with Crippen molar-refractivity contribution in [2.75, 3.05) is 0 Å². The van der Waals surface area contributed by atoms with Crippen LogP contribution in [-0.2, 0) is 23.9 Å². The molecule has 176 valence electrons. The van der Waals surface area contributed by atoms with Gasteiger partial charge in [-0.2, -0.15) is 0 Å². The Balaban J connectivity index is 2.86. The molecule has 1 aromatic rings. The van der Waals surface area contributed by atoms with Crippen molar-refractivity contribution in [1.82, 2.24) is 0 Å². The lowest BCUT2D eigenvalue weighted by molar-refractivity contribution is -0.358. The second kappa shape index (κ2) is 8.34. The van der Waals surface area contributed by atoms with Crippen LogP contribution in [0.1, 0.15) is 33.3 Å². The average molecular weight is 454 g/mol. The van der Waals surface area contributed by atoms with Crippen molar-refractivity contribution >= 4 is 23.1 Å². The molecule has 5 N–H and O–H groups in total. The van der Waals surface area contributed by atoms with Crippen molar-refractivity contribution in [3.05, 3.63) is 23.8 Å². The van der Waals surface area contributed by atoms with Crippen molar-refractivity contribution < 1.29 is 54.2 Å². The summed E-state index contributed by atoms with van der Waals surface area (Å²) in [4.78, 5) is 49.5. The van der Waals surface area contributed by atoms with Crippen LogP contribution < -0.4 is 4.74 Å². The highest BCUT2D eigenvalue weighted by Gasteiger charge is 2.80. The third-order valence-corrected chi connectivity index (χ3v) is 5.76. The molecule has 0 aromatic heterocycles. The van der Waals surface area contributed by atoms with Crippen LogP contribution >= 0.6 is 0 Å². The number of aliphatic hydroxyl groups is 4. The highest BCUT2D eigenvalue weighted by molar-refractivity contribution is 6.05. The summed E-state index contributed by atoms with van der Waals surface area (Å²) in [5.74, 6) is -6.03. The van der Waals surface area contributed by atoms with Gasteiger partial charge in [-0.05, 0) is 52.3 Å². The standard InChI is InChI=1S/C21H26O11/c1-9-6-7-14(26)15(8-9)31-18-20(29,12(4)24)21(30,13(5)25)19(28,11(3)23)17(32-18)16(27)10(2)22/h6-8,16-18,26-30H,1-5H3/t16?,17-,18-,19-,20+,21+/m1/s1. The van der Waals surface area contributed by atoms with E-state index in [9.17, 15) is 44.7 Å². The third kappa shape index (κ3) is 3.42. The predicted molar refractivity (Wildman–Crippen MR) is 106 cm³/mol. The highest BCUT2D eigenvalue weighted by Crippen LogP contribution is 2.48. The number of phenols is 1. The number of hydrogen-bond donors (Lipinski definition) is 5. The van der Waals surface area contributed by atoms with Gasteiger partial charge in [0.25, 0.3) is 0 Å². The Bertz CT molecular complexity index is 972. The molecule has 0 radical (unpaired) electrons. The van der Waals surface area contributed by atoms with Crippen LogP contribution in [0, 0.1) is 6.92 Å². The van der Waals surface area contributed by atoms with Crippen molar-refractivity contribution in [1.29, 1.82) is 0 Å². The smallest absolute Gasteiger partial charge is 0.240 e. The zero-order valence-electron chi connectivity index (χ0n) is 18.1. The molecule has 0 spiro atoms. The summed E-state index contributed by atoms with van der Waals surface area (Å²) >= 11 is 0. The van der Waals surface area contributed by atoms with Crippen molar-refractivity contribution in [2.45, 2.75) is 69.9 Å². The molecule has 32 heavy (non-hydrogen) atoms. The van der Waals surface area contributed by atoms with Gasteiger partial charge >= 0.3 is 0 Å². The molecule has 1 unspecified atom stereocenters. The summed E-state index contributed by atoms with van der Waals surface area (Å²) in [5.41, 5.74) is -9.88. The van der Waals surface area contributed by atoms with Gasteiger partial charge in [0.05, 0.1) is 0 Å². The number of rotatable bonds is 7. The number of carbonyl (C=O) groups is 4. The maximum Gasteiger partial charge on any atom is 0.240 e. The van der Waals surface area contributed by atoms with E-state index < -0.39 is 64.2 Å². The SMILES string of the molecule is CC(=O)C(O)[C@H]1O[C@@H](Oc2cc(C)ccc2O)[C@@](O)(C(C)=O)[C@](O)(C(C)=O)[C@@]1(O)C(C)=O. The van der Waals surface area contributed by atoms with E-state index in [0.717, 1.165) is 13.8 Å². The first-order valence-corrected chi connectivity index (χ1v) is 9.57. The number of benzene rings is 1. The van der Waals surface area contributed by atoms with Crippen LogP contribution in [0.25, 0.3) is 0 Å². The molecule has 1 aliphatic heterocycles. The van der Waals surface area contributed by atoms with E-state index in [1.807, 2.05) is 0 Å². The van der Waals surface area contributed by atoms with Crippen LogP contribution in [0.15, 0.2) is 18.2 Å². The Kier molecular flexibility index (Phi) is 6.66. The molecule has 1 fully saturated rings. The lowest BCUT2D eigenvalue weighted by Crippen LogP contribution is -2.87. The van der Waals surface area contributed by atoms with E-state index in [2.05, 4.69) is 0 Å². The zero-order chi connectivity index (χ0) is 24.8. The number of phenolic OH excluding ortho intramolecular Hbond substituents is 1. The van der Waals surface area contributed by atoms with Gasteiger partial charge in [-0.3, -0.25) is 19.2 Å². The molecule has 1 heterocycles. The number of carbonyl (C=O) groups excluding carboxylic acids is 4. The van der Waals surface area contributed by atoms with Gasteiger partial charge in [0.15, 0.2) is 40.2 Å². The third-order valence-electron chi connectivity index (χ3n) is 5.76. The Morgan fingerprint density at radius 2 is 1.50 bits per heavy atom. The molecule has 11 nitrogen and oxygen atoms in total. The molecule has 0 aliphatic carbocycles. The van der Waals surface area contributed by atoms with Crippen LogP contribution in [0.4, 0.5) is 0 Å². The van der Waals surface area contributed by atoms with Crippen molar-refractivity contribution in [3.63, 3.8) is 0 Å². The first-order valence-electron chi connectivity index (χ1n) is 9.57. The summed E-state index contributed by atoms with van der Waals surface area (Å²) in [6, 6.07) is 3.99. The molecule has 1 saturated heterocycles. The molecular weight excluding hydrogens is 428 g/mol. The maximum atomic E-state index is 12.6. The van der Waals surface area contributed by atoms with Gasteiger partial charge in [-0.25, -0.2) is 0 Å². The number of Topliss-reactive ketones (excluding diaryl/α,β-unsaturated/α-hetero) is 4. The van der Waals surface area contributed by atoms with Gasteiger partial charge in [-0.1, -0.05) is 6.07 Å². The molecule has 1 aliphatic rings. The first kappa shape index (κ1) is 25.6. The highest BCUT2D eigenvalue weighted by atomic mass is 16.7.